The lowest BCUT2D eigenvalue weighted by Gasteiger charge is -2.31. The highest BCUT2D eigenvalue weighted by Gasteiger charge is 2.26. The van der Waals surface area contributed by atoms with E-state index in [0.717, 1.165) is 44.8 Å². The number of halogens is 2. The molecule has 0 atom stereocenters. The minimum atomic E-state index is -0.496. The van der Waals surface area contributed by atoms with Gasteiger partial charge < -0.3 is 19.2 Å². The second-order valence-corrected chi connectivity index (χ2v) is 9.52. The molecule has 8 nitrogen and oxygen atoms in total. The molecule has 1 aromatic heterocycles. The van der Waals surface area contributed by atoms with Crippen molar-refractivity contribution in [3.8, 4) is 0 Å². The fourth-order valence-electron chi connectivity index (χ4n) is 4.58. The molecule has 0 radical (unpaired) electrons. The van der Waals surface area contributed by atoms with Crippen LogP contribution in [0.4, 0.5) is 4.39 Å². The number of carbonyl (C=O) groups is 2. The maximum Gasteiger partial charge on any atom is 0.246 e. The minimum Gasteiger partial charge on any atom is -0.341 e. The molecule has 0 bridgehead atoms. The van der Waals surface area contributed by atoms with Crippen molar-refractivity contribution in [2.75, 3.05) is 45.8 Å². The van der Waals surface area contributed by atoms with Crippen molar-refractivity contribution in [2.45, 2.75) is 38.5 Å². The van der Waals surface area contributed by atoms with E-state index in [1.165, 1.54) is 18.2 Å². The molecule has 10 heteroatoms. The summed E-state index contributed by atoms with van der Waals surface area (Å²) < 4.78 is 18.6. The average molecular weight is 504 g/mol. The standard InChI is InChI=1S/C25H31ClFN5O3/c1-18-28-25(35-29-18)20-7-12-30(13-8-20)10-2-11-31-15-16-32(14-9-24(31)34)23(33)6-4-19-3-5-22(27)21(26)17-19/h3-6,17,20H,2,7-16H2,1H3/b6-4+. The van der Waals surface area contributed by atoms with Gasteiger partial charge in [0.2, 0.25) is 17.7 Å². The molecule has 4 rings (SSSR count). The van der Waals surface area contributed by atoms with Crippen LogP contribution in [0.5, 0.6) is 0 Å². The molecule has 0 aliphatic carbocycles. The lowest BCUT2D eigenvalue weighted by atomic mass is 9.96. The molecule has 0 spiro atoms. The van der Waals surface area contributed by atoms with Gasteiger partial charge in [-0.2, -0.15) is 4.98 Å². The maximum absolute atomic E-state index is 13.3. The first-order valence-electron chi connectivity index (χ1n) is 12.1. The number of hydrogen-bond acceptors (Lipinski definition) is 6. The van der Waals surface area contributed by atoms with Gasteiger partial charge in [-0.15, -0.1) is 0 Å². The smallest absolute Gasteiger partial charge is 0.246 e. The summed E-state index contributed by atoms with van der Waals surface area (Å²) in [5.41, 5.74) is 0.647. The maximum atomic E-state index is 13.3. The predicted molar refractivity (Wildman–Crippen MR) is 130 cm³/mol. The van der Waals surface area contributed by atoms with Crippen LogP contribution in [0.25, 0.3) is 6.08 Å². The highest BCUT2D eigenvalue weighted by molar-refractivity contribution is 6.30. The third-order valence-corrected chi connectivity index (χ3v) is 6.93. The molecular weight excluding hydrogens is 473 g/mol. The van der Waals surface area contributed by atoms with Gasteiger partial charge in [0.05, 0.1) is 5.02 Å². The lowest BCUT2D eigenvalue weighted by Crippen LogP contribution is -2.38. The number of hydrogen-bond donors (Lipinski definition) is 0. The van der Waals surface area contributed by atoms with E-state index in [0.29, 0.717) is 49.9 Å². The van der Waals surface area contributed by atoms with Crippen molar-refractivity contribution < 1.29 is 18.5 Å². The number of piperidine rings is 1. The van der Waals surface area contributed by atoms with Gasteiger partial charge in [-0.1, -0.05) is 22.8 Å². The summed E-state index contributed by atoms with van der Waals surface area (Å²) in [4.78, 5) is 35.6. The highest BCUT2D eigenvalue weighted by atomic mass is 35.5. The number of aryl methyl sites for hydroxylation is 1. The quantitative estimate of drug-likeness (QED) is 0.538. The molecule has 0 unspecified atom stereocenters. The number of nitrogens with zero attached hydrogens (tertiary/aromatic N) is 5. The fourth-order valence-corrected chi connectivity index (χ4v) is 4.77. The first-order chi connectivity index (χ1) is 16.9. The van der Waals surface area contributed by atoms with Gasteiger partial charge in [0.1, 0.15) is 5.82 Å². The zero-order valence-corrected chi connectivity index (χ0v) is 20.7. The van der Waals surface area contributed by atoms with Crippen LogP contribution in [0.2, 0.25) is 5.02 Å². The average Bonchev–Trinajstić information content (AvgIpc) is 3.20. The van der Waals surface area contributed by atoms with E-state index in [2.05, 4.69) is 15.0 Å². The summed E-state index contributed by atoms with van der Waals surface area (Å²) in [6.07, 6.45) is 6.27. The molecule has 0 N–H and O–H groups in total. The van der Waals surface area contributed by atoms with Crippen molar-refractivity contribution >= 4 is 29.5 Å². The predicted octanol–water partition coefficient (Wildman–Crippen LogP) is 3.51. The number of aromatic nitrogens is 2. The number of carbonyl (C=O) groups excluding carboxylic acids is 2. The number of likely N-dealkylation sites (tertiary alicyclic amines) is 1. The summed E-state index contributed by atoms with van der Waals surface area (Å²) in [5, 5.41) is 3.91. The van der Waals surface area contributed by atoms with Crippen molar-refractivity contribution in [3.63, 3.8) is 0 Å². The minimum absolute atomic E-state index is 0.0156. The Morgan fingerprint density at radius 3 is 2.71 bits per heavy atom. The van der Waals surface area contributed by atoms with E-state index < -0.39 is 5.82 Å². The Labute approximate surface area is 209 Å². The Balaban J connectivity index is 1.19. The monoisotopic (exact) mass is 503 g/mol. The number of amides is 2. The van der Waals surface area contributed by atoms with Crippen LogP contribution in [-0.2, 0) is 9.59 Å². The summed E-state index contributed by atoms with van der Waals surface area (Å²) in [6.45, 7) is 6.83. The van der Waals surface area contributed by atoms with Crippen molar-refractivity contribution in [1.82, 2.24) is 24.8 Å². The number of benzene rings is 1. The Kier molecular flexibility index (Phi) is 8.51. The van der Waals surface area contributed by atoms with Crippen LogP contribution in [-0.4, -0.2) is 82.5 Å². The molecule has 3 heterocycles. The third-order valence-electron chi connectivity index (χ3n) is 6.64. The van der Waals surface area contributed by atoms with Crippen LogP contribution < -0.4 is 0 Å². The van der Waals surface area contributed by atoms with Crippen LogP contribution in [0.3, 0.4) is 0 Å². The largest absolute Gasteiger partial charge is 0.341 e. The molecule has 2 amide bonds. The Morgan fingerprint density at radius 1 is 1.20 bits per heavy atom. The van der Waals surface area contributed by atoms with E-state index in [9.17, 15) is 14.0 Å². The Bertz CT molecular complexity index is 1070. The molecule has 2 aliphatic heterocycles. The topological polar surface area (TPSA) is 82.8 Å². The van der Waals surface area contributed by atoms with Crippen LogP contribution in [0, 0.1) is 12.7 Å². The van der Waals surface area contributed by atoms with Gasteiger partial charge in [-0.3, -0.25) is 9.59 Å². The van der Waals surface area contributed by atoms with E-state index in [1.807, 2.05) is 11.8 Å². The summed E-state index contributed by atoms with van der Waals surface area (Å²) in [7, 11) is 0. The highest BCUT2D eigenvalue weighted by Crippen LogP contribution is 2.26. The molecule has 2 saturated heterocycles. The van der Waals surface area contributed by atoms with Gasteiger partial charge in [-0.05, 0) is 69.6 Å². The first-order valence-corrected chi connectivity index (χ1v) is 12.5. The molecule has 2 aromatic rings. The van der Waals surface area contributed by atoms with E-state index in [-0.39, 0.29) is 16.8 Å². The molecule has 188 valence electrons. The van der Waals surface area contributed by atoms with Gasteiger partial charge >= 0.3 is 0 Å². The van der Waals surface area contributed by atoms with Crippen molar-refractivity contribution in [2.24, 2.45) is 0 Å². The van der Waals surface area contributed by atoms with E-state index in [4.69, 9.17) is 16.1 Å². The van der Waals surface area contributed by atoms with Gasteiger partial charge in [-0.25, -0.2) is 4.39 Å². The normalized spacial score (nSPS) is 18.4. The van der Waals surface area contributed by atoms with Crippen LogP contribution in [0.15, 0.2) is 28.8 Å². The molecule has 35 heavy (non-hydrogen) atoms. The SMILES string of the molecule is Cc1noc(C2CCN(CCCN3CCN(C(=O)/C=C/c4ccc(F)c(Cl)c4)CCC3=O)CC2)n1. The summed E-state index contributed by atoms with van der Waals surface area (Å²) >= 11 is 5.80. The van der Waals surface area contributed by atoms with E-state index >= 15 is 0 Å². The Hall–Kier alpha value is -2.78. The second-order valence-electron chi connectivity index (χ2n) is 9.11. The second kappa shape index (κ2) is 11.8. The molecule has 0 saturated carbocycles. The zero-order chi connectivity index (χ0) is 24.8. The first kappa shape index (κ1) is 25.3. The van der Waals surface area contributed by atoms with Crippen LogP contribution >= 0.6 is 11.6 Å². The molecule has 1 aromatic carbocycles. The zero-order valence-electron chi connectivity index (χ0n) is 20.0. The Morgan fingerprint density at radius 2 is 2.00 bits per heavy atom. The van der Waals surface area contributed by atoms with Gasteiger partial charge in [0.15, 0.2) is 5.82 Å². The number of rotatable bonds is 7. The fraction of sp³-hybridized carbons (Fsp3) is 0.520. The lowest BCUT2D eigenvalue weighted by molar-refractivity contribution is -0.130. The third kappa shape index (κ3) is 6.89. The molecular formula is C25H31ClFN5O3. The van der Waals surface area contributed by atoms with Crippen molar-refractivity contribution in [3.05, 3.63) is 52.4 Å². The molecule has 2 fully saturated rings. The van der Waals surface area contributed by atoms with Crippen molar-refractivity contribution in [1.29, 1.82) is 0 Å². The van der Waals surface area contributed by atoms with Gasteiger partial charge in [0, 0.05) is 44.6 Å². The van der Waals surface area contributed by atoms with E-state index in [1.54, 1.807) is 17.0 Å². The summed E-state index contributed by atoms with van der Waals surface area (Å²) in [5.74, 6) is 1.17. The van der Waals surface area contributed by atoms with Crippen LogP contribution in [0.1, 0.15) is 48.9 Å². The summed E-state index contributed by atoms with van der Waals surface area (Å²) in [6, 6.07) is 4.31. The molecule has 2 aliphatic rings. The van der Waals surface area contributed by atoms with Gasteiger partial charge in [0.25, 0.3) is 0 Å².